The molecule has 3 N–H and O–H groups in total. The van der Waals surface area contributed by atoms with E-state index in [2.05, 4.69) is 37.8 Å². The van der Waals surface area contributed by atoms with Gasteiger partial charge in [-0.2, -0.15) is 4.98 Å². The quantitative estimate of drug-likeness (QED) is 0.344. The molecule has 0 spiro atoms. The number of halogens is 1. The lowest BCUT2D eigenvalue weighted by atomic mass is 9.86. The number of carbonyl (C=O) groups is 2. The van der Waals surface area contributed by atoms with Crippen LogP contribution in [0.4, 0.5) is 21.8 Å². The number of benzene rings is 1. The van der Waals surface area contributed by atoms with Gasteiger partial charge in [0.2, 0.25) is 17.8 Å². The van der Waals surface area contributed by atoms with Crippen molar-refractivity contribution in [2.45, 2.75) is 31.7 Å². The van der Waals surface area contributed by atoms with E-state index in [4.69, 9.17) is 0 Å². The van der Waals surface area contributed by atoms with Gasteiger partial charge in [-0.3, -0.25) is 9.59 Å². The van der Waals surface area contributed by atoms with Crippen molar-refractivity contribution in [3.05, 3.63) is 54.0 Å². The lowest BCUT2D eigenvalue weighted by Crippen LogP contribution is -2.44. The van der Waals surface area contributed by atoms with Gasteiger partial charge < -0.3 is 25.8 Å². The number of aromatic nitrogens is 2. The Labute approximate surface area is 223 Å². The van der Waals surface area contributed by atoms with Crippen molar-refractivity contribution in [1.82, 2.24) is 25.1 Å². The largest absolute Gasteiger partial charge is 0.372 e. The zero-order valence-corrected chi connectivity index (χ0v) is 22.4. The number of nitrogens with zero attached hydrogens (tertiary/aromatic N) is 4. The fourth-order valence-corrected chi connectivity index (χ4v) is 4.08. The van der Waals surface area contributed by atoms with Crippen LogP contribution in [0.15, 0.2) is 42.6 Å². The van der Waals surface area contributed by atoms with Gasteiger partial charge in [-0.15, -0.1) is 0 Å². The Bertz CT molecular complexity index is 1190. The molecule has 0 unspecified atom stereocenters. The number of hydrogen-bond acceptors (Lipinski definition) is 7. The summed E-state index contributed by atoms with van der Waals surface area (Å²) in [5, 5.41) is 9.16. The molecule has 0 aliphatic heterocycles. The van der Waals surface area contributed by atoms with E-state index in [-0.39, 0.29) is 36.1 Å². The topological polar surface area (TPSA) is 102 Å². The Morgan fingerprint density at radius 2 is 1.95 bits per heavy atom. The SMILES string of the molecule is CNc1nc(Nc2ccc(F)cc2)ncc1C#C[C@@H]1CCC[C@H](NC(=O)CN(C)C(=O)/C=C/CN(C)C)C1. The van der Waals surface area contributed by atoms with Crippen molar-refractivity contribution < 1.29 is 14.0 Å². The average Bonchev–Trinajstić information content (AvgIpc) is 2.89. The molecule has 2 aromatic rings. The van der Waals surface area contributed by atoms with Crippen molar-refractivity contribution in [2.24, 2.45) is 5.92 Å². The van der Waals surface area contributed by atoms with Crippen LogP contribution in [0.25, 0.3) is 0 Å². The van der Waals surface area contributed by atoms with Crippen LogP contribution >= 0.6 is 0 Å². The molecule has 2 atom stereocenters. The highest BCUT2D eigenvalue weighted by Crippen LogP contribution is 2.24. The van der Waals surface area contributed by atoms with Crippen molar-refractivity contribution >= 4 is 29.3 Å². The Morgan fingerprint density at radius 1 is 1.18 bits per heavy atom. The highest BCUT2D eigenvalue weighted by molar-refractivity contribution is 5.91. The summed E-state index contributed by atoms with van der Waals surface area (Å²) in [6.45, 7) is 0.675. The second-order valence-corrected chi connectivity index (χ2v) is 9.59. The number of amides is 2. The van der Waals surface area contributed by atoms with Crippen LogP contribution in [-0.4, -0.2) is 78.9 Å². The van der Waals surface area contributed by atoms with Gasteiger partial charge >= 0.3 is 0 Å². The molecule has 0 saturated heterocycles. The molecular formula is C28H36FN7O2. The zero-order chi connectivity index (χ0) is 27.5. The van der Waals surface area contributed by atoms with Crippen LogP contribution in [0.3, 0.4) is 0 Å². The molecule has 1 aliphatic carbocycles. The minimum atomic E-state index is -0.312. The van der Waals surface area contributed by atoms with E-state index in [1.54, 1.807) is 38.5 Å². The summed E-state index contributed by atoms with van der Waals surface area (Å²) in [6, 6.07) is 5.98. The van der Waals surface area contributed by atoms with Crippen molar-refractivity contribution in [1.29, 1.82) is 0 Å². The molecule has 1 aromatic carbocycles. The number of hydrogen-bond donors (Lipinski definition) is 3. The first-order valence-corrected chi connectivity index (χ1v) is 12.7. The maximum absolute atomic E-state index is 13.1. The molecule has 1 saturated carbocycles. The van der Waals surface area contributed by atoms with E-state index >= 15 is 0 Å². The second kappa shape index (κ2) is 14.1. The van der Waals surface area contributed by atoms with Crippen molar-refractivity contribution in [2.75, 3.05) is 51.9 Å². The molecule has 1 aromatic heterocycles. The molecule has 10 heteroatoms. The monoisotopic (exact) mass is 521 g/mol. The van der Waals surface area contributed by atoms with Crippen LogP contribution in [0.5, 0.6) is 0 Å². The second-order valence-electron chi connectivity index (χ2n) is 9.59. The number of nitrogens with one attached hydrogen (secondary N) is 3. The van der Waals surface area contributed by atoms with Gasteiger partial charge in [-0.1, -0.05) is 24.3 Å². The van der Waals surface area contributed by atoms with E-state index in [1.165, 1.54) is 23.1 Å². The molecule has 0 radical (unpaired) electrons. The zero-order valence-electron chi connectivity index (χ0n) is 22.4. The van der Waals surface area contributed by atoms with Crippen LogP contribution in [0.2, 0.25) is 0 Å². The van der Waals surface area contributed by atoms with Gasteiger partial charge in [-0.25, -0.2) is 9.37 Å². The third-order valence-electron chi connectivity index (χ3n) is 6.06. The summed E-state index contributed by atoms with van der Waals surface area (Å²) in [6.07, 6.45) is 8.48. The van der Waals surface area contributed by atoms with E-state index in [0.717, 1.165) is 25.7 Å². The summed E-state index contributed by atoms with van der Waals surface area (Å²) in [5.41, 5.74) is 1.35. The summed E-state index contributed by atoms with van der Waals surface area (Å²) < 4.78 is 13.1. The summed E-state index contributed by atoms with van der Waals surface area (Å²) in [7, 11) is 7.23. The van der Waals surface area contributed by atoms with Crippen molar-refractivity contribution in [3.63, 3.8) is 0 Å². The molecule has 1 fully saturated rings. The molecule has 38 heavy (non-hydrogen) atoms. The van der Waals surface area contributed by atoms with Crippen molar-refractivity contribution in [3.8, 4) is 11.8 Å². The number of carbonyl (C=O) groups excluding carboxylic acids is 2. The maximum Gasteiger partial charge on any atom is 0.246 e. The van der Waals surface area contributed by atoms with Gasteiger partial charge in [0.05, 0.1) is 18.3 Å². The molecular weight excluding hydrogens is 485 g/mol. The van der Waals surface area contributed by atoms with Gasteiger partial charge in [0.25, 0.3) is 0 Å². The van der Waals surface area contributed by atoms with E-state index in [0.29, 0.717) is 29.6 Å². The molecule has 3 rings (SSSR count). The smallest absolute Gasteiger partial charge is 0.246 e. The number of anilines is 3. The van der Waals surface area contributed by atoms with Crippen LogP contribution < -0.4 is 16.0 Å². The molecule has 0 bridgehead atoms. The molecule has 2 amide bonds. The van der Waals surface area contributed by atoms with E-state index in [1.807, 2.05) is 19.0 Å². The number of rotatable bonds is 9. The third-order valence-corrected chi connectivity index (χ3v) is 6.06. The summed E-state index contributed by atoms with van der Waals surface area (Å²) >= 11 is 0. The highest BCUT2D eigenvalue weighted by atomic mass is 19.1. The molecule has 1 heterocycles. The predicted octanol–water partition coefficient (Wildman–Crippen LogP) is 3.00. The molecule has 9 nitrogen and oxygen atoms in total. The van der Waals surface area contributed by atoms with Crippen LogP contribution in [-0.2, 0) is 9.59 Å². The first kappa shape index (κ1) is 28.6. The standard InChI is InChI=1S/C28H36FN7O2/c1-30-27-21(18-31-28(34-27)33-23-14-12-22(29)13-15-23)11-10-20-7-5-8-24(17-20)32-25(37)19-36(4)26(38)9-6-16-35(2)3/h6,9,12-15,18,20,24H,5,7-8,16-17,19H2,1-4H3,(H,32,37)(H2,30,31,33,34)/b9-6+/t20-,24-/m0/s1. The minimum absolute atomic E-state index is 0.0131. The average molecular weight is 522 g/mol. The summed E-state index contributed by atoms with van der Waals surface area (Å²) in [5.74, 6) is 6.93. The first-order chi connectivity index (χ1) is 18.2. The van der Waals surface area contributed by atoms with Crippen LogP contribution in [0, 0.1) is 23.6 Å². The fraction of sp³-hybridized carbons (Fsp3) is 0.429. The van der Waals surface area contributed by atoms with Gasteiger partial charge in [0.15, 0.2) is 0 Å². The van der Waals surface area contributed by atoms with Gasteiger partial charge in [0, 0.05) is 44.4 Å². The minimum Gasteiger partial charge on any atom is -0.372 e. The fourth-order valence-electron chi connectivity index (χ4n) is 4.08. The molecule has 1 aliphatic rings. The first-order valence-electron chi connectivity index (χ1n) is 12.7. The van der Waals surface area contributed by atoms with Gasteiger partial charge in [0.1, 0.15) is 11.6 Å². The normalized spacial score (nSPS) is 17.0. The predicted molar refractivity (Wildman–Crippen MR) is 147 cm³/mol. The Kier molecular flexibility index (Phi) is 10.6. The lowest BCUT2D eigenvalue weighted by Gasteiger charge is -2.27. The highest BCUT2D eigenvalue weighted by Gasteiger charge is 2.23. The Balaban J connectivity index is 1.54. The summed E-state index contributed by atoms with van der Waals surface area (Å²) in [4.78, 5) is 36.9. The number of likely N-dealkylation sites (N-methyl/N-ethyl adjacent to an activating group) is 2. The maximum atomic E-state index is 13.1. The van der Waals surface area contributed by atoms with E-state index in [9.17, 15) is 14.0 Å². The van der Waals surface area contributed by atoms with Gasteiger partial charge in [-0.05, 0) is 57.6 Å². The Hall–Kier alpha value is -3.97. The Morgan fingerprint density at radius 3 is 2.66 bits per heavy atom. The molecule has 202 valence electrons. The lowest BCUT2D eigenvalue weighted by molar-refractivity contribution is -0.131. The van der Waals surface area contributed by atoms with E-state index < -0.39 is 0 Å². The third kappa shape index (κ3) is 9.16. The van der Waals surface area contributed by atoms with Crippen LogP contribution in [0.1, 0.15) is 31.2 Å².